The Kier molecular flexibility index (Phi) is 23.1. The van der Waals surface area contributed by atoms with Crippen LogP contribution in [0.25, 0.3) is 0 Å². The molecule has 2 heterocycles. The van der Waals surface area contributed by atoms with E-state index < -0.39 is 70.4 Å². The molecule has 5 atom stereocenters. The molecule has 7 N–H and O–H groups in total. The summed E-state index contributed by atoms with van der Waals surface area (Å²) in [5, 5.41) is 34.7. The fourth-order valence-electron chi connectivity index (χ4n) is 8.35. The number of methoxy groups -OCH3 is 1. The highest BCUT2D eigenvalue weighted by atomic mass is 35.5. The lowest BCUT2D eigenvalue weighted by Crippen LogP contribution is -2.58. The zero-order valence-electron chi connectivity index (χ0n) is 41.0. The Labute approximate surface area is 421 Å². The number of hydrogen-bond acceptors (Lipinski definition) is 11. The lowest BCUT2D eigenvalue weighted by molar-refractivity contribution is -0.385. The highest BCUT2D eigenvalue weighted by Gasteiger charge is 2.37. The molecule has 17 nitrogen and oxygen atoms in total. The Hall–Kier alpha value is -6.72. The van der Waals surface area contributed by atoms with Crippen LogP contribution in [0, 0.1) is 16.0 Å². The summed E-state index contributed by atoms with van der Waals surface area (Å²) in [4.78, 5) is 82.2. The molecule has 4 bridgehead atoms. The van der Waals surface area contributed by atoms with Crippen molar-refractivity contribution in [2.24, 2.45) is 11.7 Å². The lowest BCUT2D eigenvalue weighted by Gasteiger charge is -2.30. The van der Waals surface area contributed by atoms with Gasteiger partial charge in [0, 0.05) is 25.3 Å². The molecule has 0 unspecified atom stereocenters. The van der Waals surface area contributed by atoms with Crippen molar-refractivity contribution >= 4 is 47.7 Å². The van der Waals surface area contributed by atoms with Gasteiger partial charge in [-0.1, -0.05) is 139 Å². The van der Waals surface area contributed by atoms with Gasteiger partial charge in [0.1, 0.15) is 18.7 Å². The van der Waals surface area contributed by atoms with Crippen LogP contribution in [0.3, 0.4) is 0 Å². The topological polar surface area (TPSA) is 251 Å². The molecule has 4 aromatic rings. The van der Waals surface area contributed by atoms with Crippen LogP contribution < -0.4 is 41.2 Å². The minimum atomic E-state index is -1.81. The zero-order valence-corrected chi connectivity index (χ0v) is 41.8. The number of nitrogens with two attached hydrogens (primary N) is 1. The van der Waals surface area contributed by atoms with Gasteiger partial charge in [-0.05, 0) is 59.2 Å². The summed E-state index contributed by atoms with van der Waals surface area (Å²) in [5.74, 6) is -4.74. The Morgan fingerprint density at radius 2 is 1.49 bits per heavy atom. The largest absolute Gasteiger partial charge is 0.490 e. The highest BCUT2D eigenvalue weighted by Crippen LogP contribution is 2.45. The van der Waals surface area contributed by atoms with E-state index >= 15 is 0 Å². The number of hydrogen-bond donors (Lipinski definition) is 6. The summed E-state index contributed by atoms with van der Waals surface area (Å²) >= 11 is 0. The molecule has 0 saturated heterocycles. The predicted molar refractivity (Wildman–Crippen MR) is 272 cm³/mol. The van der Waals surface area contributed by atoms with E-state index in [4.69, 9.17) is 19.9 Å². The Balaban J connectivity index is 0.0000110. The fraction of sp³-hybridized carbons (Fsp3) is 0.453. The summed E-state index contributed by atoms with van der Waals surface area (Å²) < 4.78 is 18.4. The molecule has 0 spiro atoms. The van der Waals surface area contributed by atoms with E-state index in [0.717, 1.165) is 44.1 Å². The van der Waals surface area contributed by atoms with Crippen molar-refractivity contribution in [2.45, 2.75) is 141 Å². The maximum atomic E-state index is 14.9. The van der Waals surface area contributed by atoms with Crippen molar-refractivity contribution in [3.05, 3.63) is 123 Å². The highest BCUT2D eigenvalue weighted by molar-refractivity contribution is 5.94. The van der Waals surface area contributed by atoms with Crippen molar-refractivity contribution in [1.29, 1.82) is 0 Å². The number of aliphatic carboxylic acids is 1. The average Bonchev–Trinajstić information content (AvgIpc) is 3.33. The molecule has 2 aliphatic rings. The number of ether oxygens (including phenoxy) is 3. The molecule has 71 heavy (non-hydrogen) atoms. The number of rotatable bonds is 24. The van der Waals surface area contributed by atoms with Gasteiger partial charge in [-0.3, -0.25) is 29.3 Å². The smallest absolute Gasteiger partial charge is 0.328 e. The summed E-state index contributed by atoms with van der Waals surface area (Å²) in [7, 11) is 1.34. The normalized spacial score (nSPS) is 16.6. The van der Waals surface area contributed by atoms with Crippen molar-refractivity contribution in [3.8, 4) is 23.0 Å². The van der Waals surface area contributed by atoms with E-state index in [-0.39, 0.29) is 78.3 Å². The van der Waals surface area contributed by atoms with Gasteiger partial charge in [-0.25, -0.2) is 4.79 Å². The predicted octanol–water partition coefficient (Wildman–Crippen LogP) is 8.19. The number of nitro groups is 1. The third-order valence-electron chi connectivity index (χ3n) is 12.1. The minimum absolute atomic E-state index is 0. The number of benzene rings is 4. The SMILES string of the molecule is CCCCCCCCCCCC(=O)N[C@H](C(=O)O)[C@@H]1NC(=O)[C@H](Cc2ccccc2)NC(=O)[C@H](NC(=O)[C@H](N)CC(C)C)Cc2ccc(c([N+](=O)[O-])c2)Oc2cc1cc(OCc1ccccc1)c2OC.Cl. The fourth-order valence-corrected chi connectivity index (χ4v) is 8.35. The van der Waals surface area contributed by atoms with Crippen LogP contribution in [0.2, 0.25) is 0 Å². The second-order valence-corrected chi connectivity index (χ2v) is 18.2. The van der Waals surface area contributed by atoms with Crippen molar-refractivity contribution in [2.75, 3.05) is 7.11 Å². The van der Waals surface area contributed by atoms with Crippen LogP contribution in [-0.4, -0.2) is 70.9 Å². The first-order valence-electron chi connectivity index (χ1n) is 24.2. The second kappa shape index (κ2) is 28.8. The van der Waals surface area contributed by atoms with E-state index in [9.17, 15) is 39.2 Å². The molecule has 2 aliphatic heterocycles. The molecular weight excluding hydrogens is 932 g/mol. The molecule has 0 aliphatic carbocycles. The lowest BCUT2D eigenvalue weighted by atomic mass is 9.96. The summed E-state index contributed by atoms with van der Waals surface area (Å²) in [6, 6.07) is 17.6. The number of nitro benzene ring substituents is 1. The van der Waals surface area contributed by atoms with Gasteiger partial charge < -0.3 is 46.3 Å². The molecule has 0 saturated carbocycles. The minimum Gasteiger partial charge on any atom is -0.490 e. The molecule has 4 aromatic carbocycles. The molecule has 6 rings (SSSR count). The first kappa shape index (κ1) is 56.9. The maximum Gasteiger partial charge on any atom is 0.328 e. The number of unbranched alkanes of at least 4 members (excludes halogenated alkanes) is 8. The standard InChI is InChI=1S/C53H68N6O11.ClH/c1-5-6-7-8-9-10-11-12-19-24-46(60)57-48(53(64)65)47-38-31-44(69-33-36-22-17-14-18-23-36)49(68-4)45(32-38)70-43-26-25-37(30-42(43)59(66)67)29-41(55-50(61)39(54)27-34(2)3)51(62)56-40(52(63)58-47)28-35-20-15-13-16-21-35;/h13-18,20-23,25-26,30-32,34,39-41,47-48H,5-12,19,24,27-29,33,54H2,1-4H3,(H,55,61)(H,56,62)(H,57,60)(H,58,63)(H,64,65);1H/t39-,40+,41-,47-,48+;/m1./s1. The van der Waals surface area contributed by atoms with Gasteiger partial charge in [0.25, 0.3) is 0 Å². The summed E-state index contributed by atoms with van der Waals surface area (Å²) in [6.07, 6.45) is 8.98. The van der Waals surface area contributed by atoms with Gasteiger partial charge in [-0.2, -0.15) is 0 Å². The first-order valence-corrected chi connectivity index (χ1v) is 24.2. The summed E-state index contributed by atoms with van der Waals surface area (Å²) in [6.45, 7) is 5.94. The maximum absolute atomic E-state index is 14.9. The van der Waals surface area contributed by atoms with Gasteiger partial charge in [0.15, 0.2) is 17.5 Å². The Morgan fingerprint density at radius 3 is 2.10 bits per heavy atom. The van der Waals surface area contributed by atoms with Gasteiger partial charge in [0.05, 0.1) is 24.1 Å². The van der Waals surface area contributed by atoms with Crippen LogP contribution in [0.5, 0.6) is 23.0 Å². The van der Waals surface area contributed by atoms with Crippen molar-refractivity contribution in [3.63, 3.8) is 0 Å². The first-order chi connectivity index (χ1) is 33.7. The number of nitrogens with zero attached hydrogens (tertiary/aromatic N) is 1. The molecular formula is C53H69ClN6O11. The molecule has 18 heteroatoms. The van der Waals surface area contributed by atoms with Gasteiger partial charge in [0.2, 0.25) is 35.1 Å². The van der Waals surface area contributed by atoms with Crippen molar-refractivity contribution < 1.29 is 48.2 Å². The zero-order chi connectivity index (χ0) is 50.6. The van der Waals surface area contributed by atoms with Crippen LogP contribution >= 0.6 is 12.4 Å². The summed E-state index contributed by atoms with van der Waals surface area (Å²) in [5.41, 5.74) is 7.43. The number of fused-ring (bicyclic) bond motifs is 9. The van der Waals surface area contributed by atoms with Crippen LogP contribution in [0.1, 0.15) is 120 Å². The molecule has 0 radical (unpaired) electrons. The second-order valence-electron chi connectivity index (χ2n) is 18.2. The number of nitrogens with one attached hydrogen (secondary N) is 4. The number of halogens is 1. The number of carbonyl (C=O) groups excluding carboxylic acids is 4. The number of carboxylic acids is 1. The van der Waals surface area contributed by atoms with E-state index in [0.29, 0.717) is 18.4 Å². The van der Waals surface area contributed by atoms with E-state index in [2.05, 4.69) is 28.2 Å². The third kappa shape index (κ3) is 17.6. The van der Waals surface area contributed by atoms with E-state index in [1.165, 1.54) is 50.3 Å². The molecule has 0 aromatic heterocycles. The monoisotopic (exact) mass is 1000 g/mol. The van der Waals surface area contributed by atoms with Crippen LogP contribution in [0.4, 0.5) is 5.69 Å². The molecule has 384 valence electrons. The van der Waals surface area contributed by atoms with Crippen LogP contribution in [0.15, 0.2) is 91.0 Å². The molecule has 4 amide bonds. The number of amides is 4. The molecule has 0 fully saturated rings. The Morgan fingerprint density at radius 1 is 0.859 bits per heavy atom. The third-order valence-corrected chi connectivity index (χ3v) is 12.1. The number of carbonyl (C=O) groups is 5. The van der Waals surface area contributed by atoms with E-state index in [1.807, 2.05) is 44.2 Å². The average molecular weight is 1000 g/mol. The number of carboxylic acid groups (broad SMARTS) is 1. The van der Waals surface area contributed by atoms with Gasteiger partial charge in [-0.15, -0.1) is 12.4 Å². The Bertz CT molecular complexity index is 2390. The van der Waals surface area contributed by atoms with Crippen molar-refractivity contribution in [1.82, 2.24) is 21.3 Å². The van der Waals surface area contributed by atoms with Gasteiger partial charge >= 0.3 is 11.7 Å². The van der Waals surface area contributed by atoms with E-state index in [1.54, 1.807) is 30.3 Å². The van der Waals surface area contributed by atoms with Crippen LogP contribution in [-0.2, 0) is 43.4 Å². The quantitative estimate of drug-likeness (QED) is 0.0221.